The summed E-state index contributed by atoms with van der Waals surface area (Å²) in [5.41, 5.74) is 4.10. The molecule has 0 atom stereocenters. The van der Waals surface area contributed by atoms with Gasteiger partial charge in [-0.25, -0.2) is 0 Å². The molecule has 0 fully saturated rings. The fourth-order valence-electron chi connectivity index (χ4n) is 4.08. The molecule has 0 aliphatic rings. The monoisotopic (exact) mass is 471 g/mol. The van der Waals surface area contributed by atoms with Crippen molar-refractivity contribution in [3.63, 3.8) is 0 Å². The molecule has 3 heterocycles. The number of benzene rings is 1. The van der Waals surface area contributed by atoms with Gasteiger partial charge in [0, 0.05) is 23.7 Å². The average Bonchev–Trinajstić information content (AvgIpc) is 3.58. The second kappa shape index (κ2) is 10.9. The van der Waals surface area contributed by atoms with E-state index in [1.807, 2.05) is 78.9 Å². The lowest BCUT2D eigenvalue weighted by atomic mass is 10.1. The summed E-state index contributed by atoms with van der Waals surface area (Å²) < 4.78 is 12.9. The highest BCUT2D eigenvalue weighted by molar-refractivity contribution is 5.93. The summed E-state index contributed by atoms with van der Waals surface area (Å²) in [6, 6.07) is 17.8. The highest BCUT2D eigenvalue weighted by atomic mass is 16.5. The average molecular weight is 472 g/mol. The van der Waals surface area contributed by atoms with Gasteiger partial charge >= 0.3 is 0 Å². The first kappa shape index (κ1) is 24.0. The fourth-order valence-corrected chi connectivity index (χ4v) is 4.08. The molecule has 0 radical (unpaired) electrons. The maximum atomic E-state index is 12.8. The predicted molar refractivity (Wildman–Crippen MR) is 133 cm³/mol. The van der Waals surface area contributed by atoms with E-state index in [1.165, 1.54) is 0 Å². The highest BCUT2D eigenvalue weighted by Gasteiger charge is 2.21. The Kier molecular flexibility index (Phi) is 7.48. The Morgan fingerprint density at radius 1 is 1.17 bits per heavy atom. The molecule has 4 aromatic rings. The van der Waals surface area contributed by atoms with Crippen LogP contribution in [0, 0.1) is 25.2 Å². The zero-order valence-electron chi connectivity index (χ0n) is 20.2. The van der Waals surface area contributed by atoms with E-state index in [9.17, 15) is 10.1 Å². The van der Waals surface area contributed by atoms with Crippen LogP contribution < -0.4 is 5.32 Å². The van der Waals surface area contributed by atoms with Gasteiger partial charge < -0.3 is 18.8 Å². The Labute approximate surface area is 204 Å². The van der Waals surface area contributed by atoms with Crippen LogP contribution in [0.5, 0.6) is 0 Å². The minimum Gasteiger partial charge on any atom is -0.467 e. The molecule has 1 N–H and O–H groups in total. The molecule has 0 saturated carbocycles. The van der Waals surface area contributed by atoms with Gasteiger partial charge in [0.15, 0.2) is 0 Å². The molecule has 8 heteroatoms. The van der Waals surface area contributed by atoms with Crippen molar-refractivity contribution in [1.82, 2.24) is 14.6 Å². The lowest BCUT2D eigenvalue weighted by Gasteiger charge is -2.17. The second-order valence-corrected chi connectivity index (χ2v) is 8.65. The number of furan rings is 1. The highest BCUT2D eigenvalue weighted by Crippen LogP contribution is 2.27. The number of carbonyl (C=O) groups excluding carboxylic acids is 1. The van der Waals surface area contributed by atoms with E-state index in [0.29, 0.717) is 24.5 Å². The Morgan fingerprint density at radius 2 is 1.97 bits per heavy atom. The Morgan fingerprint density at radius 3 is 2.69 bits per heavy atom. The van der Waals surface area contributed by atoms with Crippen LogP contribution in [-0.2, 0) is 17.8 Å². The number of anilines is 1. The summed E-state index contributed by atoms with van der Waals surface area (Å²) in [6.45, 7) is 5.19. The quantitative estimate of drug-likeness (QED) is 0.357. The Bertz CT molecular complexity index is 1310. The van der Waals surface area contributed by atoms with Crippen LogP contribution in [0.2, 0.25) is 0 Å². The zero-order valence-corrected chi connectivity index (χ0v) is 20.2. The van der Waals surface area contributed by atoms with Crippen LogP contribution in [-0.4, -0.2) is 40.7 Å². The van der Waals surface area contributed by atoms with Gasteiger partial charge in [-0.1, -0.05) is 35.5 Å². The number of nitriles is 1. The smallest absolute Gasteiger partial charge is 0.239 e. The van der Waals surface area contributed by atoms with E-state index in [0.717, 1.165) is 46.9 Å². The van der Waals surface area contributed by atoms with Crippen molar-refractivity contribution in [3.8, 4) is 17.3 Å². The molecular weight excluding hydrogens is 442 g/mol. The van der Waals surface area contributed by atoms with Gasteiger partial charge in [-0.3, -0.25) is 9.69 Å². The molecule has 1 aromatic carbocycles. The van der Waals surface area contributed by atoms with Crippen molar-refractivity contribution in [2.45, 2.75) is 33.2 Å². The van der Waals surface area contributed by atoms with E-state index in [-0.39, 0.29) is 12.5 Å². The lowest BCUT2D eigenvalue weighted by Crippen LogP contribution is -2.32. The summed E-state index contributed by atoms with van der Waals surface area (Å²) in [6.07, 6.45) is 3.17. The Hall–Kier alpha value is -4.09. The maximum Gasteiger partial charge on any atom is 0.239 e. The van der Waals surface area contributed by atoms with E-state index in [1.54, 1.807) is 6.26 Å². The van der Waals surface area contributed by atoms with Crippen molar-refractivity contribution in [3.05, 3.63) is 83.1 Å². The third-order valence-electron chi connectivity index (χ3n) is 6.10. The first-order chi connectivity index (χ1) is 17.0. The van der Waals surface area contributed by atoms with Gasteiger partial charge in [0.25, 0.3) is 0 Å². The van der Waals surface area contributed by atoms with Crippen molar-refractivity contribution in [1.29, 1.82) is 5.26 Å². The second-order valence-electron chi connectivity index (χ2n) is 8.65. The topological polar surface area (TPSA) is 100 Å². The number of aromatic nitrogens is 2. The molecule has 0 unspecified atom stereocenters. The van der Waals surface area contributed by atoms with Gasteiger partial charge in [-0.05, 0) is 51.6 Å². The first-order valence-corrected chi connectivity index (χ1v) is 11.6. The predicted octanol–water partition coefficient (Wildman–Crippen LogP) is 4.78. The van der Waals surface area contributed by atoms with Gasteiger partial charge in [0.2, 0.25) is 5.91 Å². The van der Waals surface area contributed by atoms with Crippen LogP contribution in [0.15, 0.2) is 63.7 Å². The molecular formula is C27H29N5O3. The van der Waals surface area contributed by atoms with Crippen molar-refractivity contribution in [2.75, 3.05) is 25.5 Å². The van der Waals surface area contributed by atoms with Crippen LogP contribution in [0.3, 0.4) is 0 Å². The number of aryl methyl sites for hydroxylation is 1. The van der Waals surface area contributed by atoms with Gasteiger partial charge in [0.05, 0.1) is 24.9 Å². The van der Waals surface area contributed by atoms with Crippen molar-refractivity contribution in [2.24, 2.45) is 0 Å². The normalized spacial score (nSPS) is 11.1. The fraction of sp³-hybridized carbons (Fsp3) is 0.296. The minimum atomic E-state index is -0.173. The molecule has 1 amide bonds. The molecule has 180 valence electrons. The summed E-state index contributed by atoms with van der Waals surface area (Å²) in [7, 11) is 1.90. The molecule has 35 heavy (non-hydrogen) atoms. The standard InChI is InChI=1S/C27H29N5O3/c1-19-20(2)32(17-23-12-8-14-34-23)27(24(19)16-28)29-26(33)18-31(3)13-7-11-22-15-25(30-35-22)21-9-5-4-6-10-21/h4-6,8-10,12,14-15H,7,11,13,17-18H2,1-3H3,(H,29,33). The van der Waals surface area contributed by atoms with Crippen LogP contribution in [0.1, 0.15) is 34.8 Å². The van der Waals surface area contributed by atoms with Gasteiger partial charge in [-0.2, -0.15) is 5.26 Å². The number of likely N-dealkylation sites (N-methyl/N-ethyl adjacent to an activating group) is 1. The first-order valence-electron chi connectivity index (χ1n) is 11.6. The summed E-state index contributed by atoms with van der Waals surface area (Å²) >= 11 is 0. The molecule has 3 aromatic heterocycles. The van der Waals surface area contributed by atoms with Gasteiger partial charge in [-0.15, -0.1) is 0 Å². The van der Waals surface area contributed by atoms with Crippen molar-refractivity contribution >= 4 is 11.7 Å². The number of nitrogens with zero attached hydrogens (tertiary/aromatic N) is 4. The third-order valence-corrected chi connectivity index (χ3v) is 6.10. The van der Waals surface area contributed by atoms with E-state index in [4.69, 9.17) is 8.94 Å². The third kappa shape index (κ3) is 5.70. The number of hydrogen-bond donors (Lipinski definition) is 1. The minimum absolute atomic E-state index is 0.173. The molecule has 4 rings (SSSR count). The number of rotatable bonds is 10. The molecule has 0 aliphatic carbocycles. The number of nitrogens with one attached hydrogen (secondary N) is 1. The summed E-state index contributed by atoms with van der Waals surface area (Å²) in [4.78, 5) is 14.8. The number of amides is 1. The number of carbonyl (C=O) groups is 1. The molecule has 0 saturated heterocycles. The van der Waals surface area contributed by atoms with E-state index >= 15 is 0 Å². The van der Waals surface area contributed by atoms with Crippen LogP contribution in [0.4, 0.5) is 5.82 Å². The largest absolute Gasteiger partial charge is 0.467 e. The Balaban J connectivity index is 1.32. The molecule has 0 spiro atoms. The van der Waals surface area contributed by atoms with E-state index < -0.39 is 0 Å². The summed E-state index contributed by atoms with van der Waals surface area (Å²) in [5, 5.41) is 16.8. The van der Waals surface area contributed by atoms with Crippen LogP contribution in [0.25, 0.3) is 11.3 Å². The number of hydrogen-bond acceptors (Lipinski definition) is 6. The SMILES string of the molecule is Cc1c(C#N)c(NC(=O)CN(C)CCCc2cc(-c3ccccc3)no2)n(Cc2ccco2)c1C. The molecule has 8 nitrogen and oxygen atoms in total. The summed E-state index contributed by atoms with van der Waals surface area (Å²) in [5.74, 6) is 1.91. The maximum absolute atomic E-state index is 12.8. The molecule has 0 bridgehead atoms. The zero-order chi connectivity index (χ0) is 24.8. The van der Waals surface area contributed by atoms with E-state index in [2.05, 4.69) is 16.5 Å². The van der Waals surface area contributed by atoms with Crippen LogP contribution >= 0.6 is 0 Å². The van der Waals surface area contributed by atoms with Gasteiger partial charge in [0.1, 0.15) is 29.1 Å². The van der Waals surface area contributed by atoms with Crippen molar-refractivity contribution < 1.29 is 13.7 Å². The lowest BCUT2D eigenvalue weighted by molar-refractivity contribution is -0.117. The molecule has 0 aliphatic heterocycles.